The van der Waals surface area contributed by atoms with Crippen molar-refractivity contribution in [3.8, 4) is 0 Å². The predicted molar refractivity (Wildman–Crippen MR) is 76.1 cm³/mol. The Hall–Kier alpha value is -1.38. The highest BCUT2D eigenvalue weighted by Crippen LogP contribution is 2.17. The fourth-order valence-electron chi connectivity index (χ4n) is 1.43. The molecule has 0 fully saturated rings. The van der Waals surface area contributed by atoms with Crippen LogP contribution in [0.3, 0.4) is 0 Å². The maximum Gasteiger partial charge on any atom is 0.103 e. The number of allylic oxidation sites excluding steroid dienone is 3. The Morgan fingerprint density at radius 2 is 2.24 bits per heavy atom. The molecule has 0 bridgehead atoms. The van der Waals surface area contributed by atoms with Crippen LogP contribution in [0.1, 0.15) is 25.0 Å². The molecule has 3 heteroatoms. The van der Waals surface area contributed by atoms with Crippen LogP contribution in [0.4, 0.5) is 0 Å². The third kappa shape index (κ3) is 4.55. The number of aliphatic imine (C=N–C) groups is 1. The van der Waals surface area contributed by atoms with Crippen LogP contribution < -0.4 is 5.73 Å². The standard InChI is InChI=1S/C14H17ClN2/c1-3-5-14(10-17-11(2)15)13-7-4-6-12(8-13)9-16/h3-8,10H,9,16H2,1-2H3/b5-3-,14-10+,17-11?. The highest BCUT2D eigenvalue weighted by molar-refractivity contribution is 6.64. The number of benzene rings is 1. The van der Waals surface area contributed by atoms with Gasteiger partial charge in [0.15, 0.2) is 0 Å². The van der Waals surface area contributed by atoms with Gasteiger partial charge in [-0.25, -0.2) is 4.99 Å². The summed E-state index contributed by atoms with van der Waals surface area (Å²) < 4.78 is 0. The van der Waals surface area contributed by atoms with Gasteiger partial charge in [0.2, 0.25) is 0 Å². The molecule has 0 aliphatic carbocycles. The van der Waals surface area contributed by atoms with E-state index in [9.17, 15) is 0 Å². The van der Waals surface area contributed by atoms with Crippen molar-refractivity contribution >= 4 is 22.3 Å². The Morgan fingerprint density at radius 3 is 2.82 bits per heavy atom. The number of rotatable bonds is 4. The summed E-state index contributed by atoms with van der Waals surface area (Å²) >= 11 is 5.73. The van der Waals surface area contributed by atoms with Crippen LogP contribution in [0, 0.1) is 0 Å². The van der Waals surface area contributed by atoms with Crippen molar-refractivity contribution in [2.75, 3.05) is 0 Å². The monoisotopic (exact) mass is 248 g/mol. The molecule has 0 aromatic heterocycles. The summed E-state index contributed by atoms with van der Waals surface area (Å²) in [6.45, 7) is 4.26. The zero-order valence-corrected chi connectivity index (χ0v) is 10.9. The van der Waals surface area contributed by atoms with Gasteiger partial charge in [0.1, 0.15) is 5.17 Å². The summed E-state index contributed by atoms with van der Waals surface area (Å²) in [5.41, 5.74) is 8.84. The lowest BCUT2D eigenvalue weighted by molar-refractivity contribution is 1.07. The first kappa shape index (κ1) is 13.7. The zero-order chi connectivity index (χ0) is 12.7. The molecule has 1 aromatic carbocycles. The summed E-state index contributed by atoms with van der Waals surface area (Å²) in [5.74, 6) is 0. The predicted octanol–water partition coefficient (Wildman–Crippen LogP) is 3.72. The number of hydrogen-bond acceptors (Lipinski definition) is 2. The van der Waals surface area contributed by atoms with Crippen LogP contribution in [0.5, 0.6) is 0 Å². The van der Waals surface area contributed by atoms with Crippen LogP contribution >= 0.6 is 11.6 Å². The van der Waals surface area contributed by atoms with E-state index in [1.165, 1.54) is 0 Å². The smallest absolute Gasteiger partial charge is 0.103 e. The van der Waals surface area contributed by atoms with E-state index < -0.39 is 0 Å². The summed E-state index contributed by atoms with van der Waals surface area (Å²) in [6.07, 6.45) is 5.73. The van der Waals surface area contributed by atoms with Crippen LogP contribution in [-0.2, 0) is 6.54 Å². The number of nitrogens with two attached hydrogens (primary N) is 1. The minimum Gasteiger partial charge on any atom is -0.326 e. The highest BCUT2D eigenvalue weighted by atomic mass is 35.5. The average molecular weight is 249 g/mol. The van der Waals surface area contributed by atoms with Gasteiger partial charge in [-0.1, -0.05) is 42.0 Å². The summed E-state index contributed by atoms with van der Waals surface area (Å²) in [4.78, 5) is 4.11. The van der Waals surface area contributed by atoms with Gasteiger partial charge >= 0.3 is 0 Å². The van der Waals surface area contributed by atoms with E-state index in [1.54, 1.807) is 13.1 Å². The Balaban J connectivity index is 3.13. The van der Waals surface area contributed by atoms with Crippen LogP contribution in [-0.4, -0.2) is 5.17 Å². The molecule has 2 N–H and O–H groups in total. The van der Waals surface area contributed by atoms with Gasteiger partial charge in [0.05, 0.1) is 0 Å². The molecular weight excluding hydrogens is 232 g/mol. The van der Waals surface area contributed by atoms with E-state index in [0.29, 0.717) is 11.7 Å². The first-order valence-electron chi connectivity index (χ1n) is 5.49. The maximum absolute atomic E-state index is 5.73. The second-order valence-electron chi connectivity index (χ2n) is 3.62. The molecule has 0 aliphatic heterocycles. The van der Waals surface area contributed by atoms with Gasteiger partial charge in [0.25, 0.3) is 0 Å². The number of nitrogens with zero attached hydrogens (tertiary/aromatic N) is 1. The molecule has 1 rings (SSSR count). The lowest BCUT2D eigenvalue weighted by atomic mass is 10.0. The van der Waals surface area contributed by atoms with Crippen LogP contribution in [0.25, 0.3) is 5.57 Å². The molecule has 0 saturated carbocycles. The largest absolute Gasteiger partial charge is 0.326 e. The topological polar surface area (TPSA) is 38.4 Å². The molecule has 2 nitrogen and oxygen atoms in total. The lowest BCUT2D eigenvalue weighted by Gasteiger charge is -2.04. The van der Waals surface area contributed by atoms with Crippen molar-refractivity contribution in [3.63, 3.8) is 0 Å². The fourth-order valence-corrected chi connectivity index (χ4v) is 1.48. The molecule has 0 aliphatic rings. The van der Waals surface area contributed by atoms with Crippen LogP contribution in [0.2, 0.25) is 0 Å². The van der Waals surface area contributed by atoms with E-state index in [1.807, 2.05) is 37.3 Å². The van der Waals surface area contributed by atoms with Gasteiger partial charge in [-0.05, 0) is 36.6 Å². The SMILES string of the molecule is C/C=C\C(=C/N=C(C)Cl)c1cccc(CN)c1. The molecule has 0 spiro atoms. The second-order valence-corrected chi connectivity index (χ2v) is 4.16. The molecule has 17 heavy (non-hydrogen) atoms. The maximum atomic E-state index is 5.73. The summed E-state index contributed by atoms with van der Waals surface area (Å²) in [5, 5.41) is 0.516. The Kier molecular flexibility index (Phi) is 5.67. The van der Waals surface area contributed by atoms with E-state index in [2.05, 4.69) is 11.1 Å². The fraction of sp³-hybridized carbons (Fsp3) is 0.214. The van der Waals surface area contributed by atoms with Crippen molar-refractivity contribution in [1.82, 2.24) is 0 Å². The molecule has 0 heterocycles. The van der Waals surface area contributed by atoms with Gasteiger partial charge in [-0.3, -0.25) is 0 Å². The van der Waals surface area contributed by atoms with Crippen molar-refractivity contribution < 1.29 is 0 Å². The molecule has 0 amide bonds. The third-order valence-electron chi connectivity index (χ3n) is 2.22. The van der Waals surface area contributed by atoms with Crippen molar-refractivity contribution in [2.24, 2.45) is 10.7 Å². The molecular formula is C14H17ClN2. The van der Waals surface area contributed by atoms with Gasteiger partial charge in [-0.15, -0.1) is 0 Å². The Morgan fingerprint density at radius 1 is 1.47 bits per heavy atom. The molecule has 0 saturated heterocycles. The molecule has 0 atom stereocenters. The normalized spacial score (nSPS) is 13.4. The minimum atomic E-state index is 0.516. The van der Waals surface area contributed by atoms with Crippen molar-refractivity contribution in [3.05, 3.63) is 53.7 Å². The Labute approximate surface area is 108 Å². The first-order chi connectivity index (χ1) is 8.17. The van der Waals surface area contributed by atoms with E-state index in [-0.39, 0.29) is 0 Å². The molecule has 1 aromatic rings. The van der Waals surface area contributed by atoms with E-state index in [4.69, 9.17) is 17.3 Å². The molecule has 0 unspecified atom stereocenters. The summed E-state index contributed by atoms with van der Waals surface area (Å²) in [6, 6.07) is 8.09. The molecule has 0 radical (unpaired) electrons. The lowest BCUT2D eigenvalue weighted by Crippen LogP contribution is -1.96. The van der Waals surface area contributed by atoms with E-state index in [0.717, 1.165) is 16.7 Å². The number of halogens is 1. The van der Waals surface area contributed by atoms with Crippen molar-refractivity contribution in [2.45, 2.75) is 20.4 Å². The minimum absolute atomic E-state index is 0.516. The van der Waals surface area contributed by atoms with Crippen LogP contribution in [0.15, 0.2) is 47.6 Å². The molecule has 90 valence electrons. The second kappa shape index (κ2) is 7.05. The quantitative estimate of drug-likeness (QED) is 0.640. The van der Waals surface area contributed by atoms with Gasteiger partial charge < -0.3 is 5.73 Å². The first-order valence-corrected chi connectivity index (χ1v) is 5.87. The average Bonchev–Trinajstić information content (AvgIpc) is 2.34. The Bertz CT molecular complexity index is 455. The van der Waals surface area contributed by atoms with Crippen molar-refractivity contribution in [1.29, 1.82) is 0 Å². The zero-order valence-electron chi connectivity index (χ0n) is 10.2. The number of hydrogen-bond donors (Lipinski definition) is 1. The van der Waals surface area contributed by atoms with Gasteiger partial charge in [-0.2, -0.15) is 0 Å². The van der Waals surface area contributed by atoms with Gasteiger partial charge in [0, 0.05) is 12.7 Å². The van der Waals surface area contributed by atoms with E-state index >= 15 is 0 Å². The highest BCUT2D eigenvalue weighted by Gasteiger charge is 1.98. The summed E-state index contributed by atoms with van der Waals surface area (Å²) in [7, 11) is 0. The third-order valence-corrected chi connectivity index (χ3v) is 2.32.